The monoisotopic (exact) mass is 317 g/mol. The first kappa shape index (κ1) is 15.0. The highest BCUT2D eigenvalue weighted by Gasteiger charge is 2.18. The fraction of sp³-hybridized carbons (Fsp3) is 0.375. The van der Waals surface area contributed by atoms with E-state index in [2.05, 4.69) is 22.2 Å². The van der Waals surface area contributed by atoms with Crippen molar-refractivity contribution >= 4 is 22.4 Å². The molecule has 2 aromatic rings. The molecule has 1 amide bonds. The Kier molecular flexibility index (Phi) is 4.70. The van der Waals surface area contributed by atoms with Crippen LogP contribution in [0.3, 0.4) is 0 Å². The topological polar surface area (TPSA) is 54.5 Å². The number of nitrogens with zero attached hydrogens (tertiary/aromatic N) is 2. The molecule has 1 aliphatic rings. The Bertz CT molecular complexity index is 642. The van der Waals surface area contributed by atoms with Gasteiger partial charge in [0.05, 0.1) is 18.7 Å². The van der Waals surface area contributed by atoms with E-state index in [4.69, 9.17) is 4.74 Å². The van der Waals surface area contributed by atoms with Gasteiger partial charge in [0.1, 0.15) is 5.75 Å². The van der Waals surface area contributed by atoms with E-state index in [0.29, 0.717) is 18.2 Å². The van der Waals surface area contributed by atoms with Gasteiger partial charge in [-0.2, -0.15) is 0 Å². The molecule has 0 unspecified atom stereocenters. The largest absolute Gasteiger partial charge is 0.493 e. The quantitative estimate of drug-likeness (QED) is 0.921. The number of thiazole rings is 1. The first-order valence-corrected chi connectivity index (χ1v) is 8.17. The number of para-hydroxylation sites is 1. The molecule has 116 valence electrons. The Morgan fingerprint density at radius 3 is 3.05 bits per heavy atom. The lowest BCUT2D eigenvalue weighted by Gasteiger charge is -2.20. The third kappa shape index (κ3) is 3.84. The van der Waals surface area contributed by atoms with Crippen molar-refractivity contribution in [2.45, 2.75) is 19.4 Å². The van der Waals surface area contributed by atoms with Crippen molar-refractivity contribution in [3.63, 3.8) is 0 Å². The normalized spacial score (nSPS) is 14.4. The molecule has 22 heavy (non-hydrogen) atoms. The highest BCUT2D eigenvalue weighted by Crippen LogP contribution is 2.27. The number of nitrogens with one attached hydrogen (secondary N) is 1. The summed E-state index contributed by atoms with van der Waals surface area (Å²) in [5.74, 6) is 0.721. The predicted octanol–water partition coefficient (Wildman–Crippen LogP) is 2.54. The number of ether oxygens (including phenoxy) is 1. The Labute approximate surface area is 133 Å². The standard InChI is InChI=1S/C16H19N3O2S/c1-19-9-7-13-14(11-19)22-16(17-13)18-15(20)8-10-21-12-5-3-2-4-6-12/h2-6H,7-11H2,1H3,(H,17,18,20). The molecule has 0 bridgehead atoms. The lowest BCUT2D eigenvalue weighted by molar-refractivity contribution is -0.116. The molecule has 5 nitrogen and oxygen atoms in total. The van der Waals surface area contributed by atoms with Crippen molar-refractivity contribution < 1.29 is 9.53 Å². The minimum atomic E-state index is -0.0598. The van der Waals surface area contributed by atoms with Gasteiger partial charge < -0.3 is 15.0 Å². The fourth-order valence-electron chi connectivity index (χ4n) is 2.34. The fourth-order valence-corrected chi connectivity index (χ4v) is 3.44. The molecule has 1 aromatic carbocycles. The summed E-state index contributed by atoms with van der Waals surface area (Å²) in [4.78, 5) is 20.0. The van der Waals surface area contributed by atoms with Gasteiger partial charge in [-0.15, -0.1) is 11.3 Å². The molecule has 0 saturated heterocycles. The Morgan fingerprint density at radius 1 is 1.41 bits per heavy atom. The van der Waals surface area contributed by atoms with Crippen LogP contribution in [0.5, 0.6) is 5.75 Å². The van der Waals surface area contributed by atoms with E-state index in [1.165, 1.54) is 4.88 Å². The number of rotatable bonds is 5. The predicted molar refractivity (Wildman–Crippen MR) is 87.3 cm³/mol. The van der Waals surface area contributed by atoms with Crippen LogP contribution < -0.4 is 10.1 Å². The van der Waals surface area contributed by atoms with Crippen LogP contribution in [0.2, 0.25) is 0 Å². The molecule has 1 aliphatic heterocycles. The van der Waals surface area contributed by atoms with Gasteiger partial charge in [-0.25, -0.2) is 4.98 Å². The molecule has 0 aliphatic carbocycles. The molecule has 0 spiro atoms. The van der Waals surface area contributed by atoms with E-state index in [0.717, 1.165) is 31.0 Å². The Hall–Kier alpha value is -1.92. The van der Waals surface area contributed by atoms with E-state index in [9.17, 15) is 4.79 Å². The Morgan fingerprint density at radius 2 is 2.23 bits per heavy atom. The van der Waals surface area contributed by atoms with Crippen molar-refractivity contribution in [3.05, 3.63) is 40.9 Å². The molecule has 0 atom stereocenters. The maximum absolute atomic E-state index is 11.9. The Balaban J connectivity index is 1.48. The molecule has 6 heteroatoms. The van der Waals surface area contributed by atoms with E-state index in [1.807, 2.05) is 30.3 Å². The number of benzene rings is 1. The number of anilines is 1. The van der Waals surface area contributed by atoms with E-state index >= 15 is 0 Å². The molecule has 0 fully saturated rings. The second kappa shape index (κ2) is 6.89. The second-order valence-electron chi connectivity index (χ2n) is 5.34. The molecule has 1 aromatic heterocycles. The van der Waals surface area contributed by atoms with Gasteiger partial charge in [0.15, 0.2) is 5.13 Å². The van der Waals surface area contributed by atoms with Crippen LogP contribution in [0.15, 0.2) is 30.3 Å². The number of fused-ring (bicyclic) bond motifs is 1. The smallest absolute Gasteiger partial charge is 0.229 e. The van der Waals surface area contributed by atoms with Gasteiger partial charge in [0, 0.05) is 24.4 Å². The summed E-state index contributed by atoms with van der Waals surface area (Å²) >= 11 is 1.57. The molecular weight excluding hydrogens is 298 g/mol. The van der Waals surface area contributed by atoms with Crippen molar-refractivity contribution in [3.8, 4) is 5.75 Å². The first-order valence-electron chi connectivity index (χ1n) is 7.35. The molecule has 2 heterocycles. The van der Waals surface area contributed by atoms with Gasteiger partial charge in [-0.05, 0) is 19.2 Å². The van der Waals surface area contributed by atoms with Crippen LogP contribution in [0.1, 0.15) is 17.0 Å². The van der Waals surface area contributed by atoms with Gasteiger partial charge in [0.25, 0.3) is 0 Å². The SMILES string of the molecule is CN1CCc2nc(NC(=O)CCOc3ccccc3)sc2C1. The van der Waals surface area contributed by atoms with Crippen molar-refractivity contribution in [2.75, 3.05) is 25.5 Å². The van der Waals surface area contributed by atoms with Crippen LogP contribution in [-0.2, 0) is 17.8 Å². The highest BCUT2D eigenvalue weighted by molar-refractivity contribution is 7.15. The maximum Gasteiger partial charge on any atom is 0.229 e. The van der Waals surface area contributed by atoms with Crippen LogP contribution in [0, 0.1) is 0 Å². The summed E-state index contributed by atoms with van der Waals surface area (Å²) in [7, 11) is 2.10. The van der Waals surface area contributed by atoms with E-state index < -0.39 is 0 Å². The van der Waals surface area contributed by atoms with Crippen LogP contribution in [0.25, 0.3) is 0 Å². The summed E-state index contributed by atoms with van der Waals surface area (Å²) < 4.78 is 5.53. The zero-order valence-electron chi connectivity index (χ0n) is 12.5. The number of likely N-dealkylation sites (N-methyl/N-ethyl adjacent to an activating group) is 1. The number of amides is 1. The molecule has 0 saturated carbocycles. The number of hydrogen-bond acceptors (Lipinski definition) is 5. The van der Waals surface area contributed by atoms with Crippen LogP contribution >= 0.6 is 11.3 Å². The second-order valence-corrected chi connectivity index (χ2v) is 6.42. The average molecular weight is 317 g/mol. The van der Waals surface area contributed by atoms with Crippen LogP contribution in [0.4, 0.5) is 5.13 Å². The van der Waals surface area contributed by atoms with Crippen molar-refractivity contribution in [1.29, 1.82) is 0 Å². The van der Waals surface area contributed by atoms with E-state index in [1.54, 1.807) is 11.3 Å². The molecule has 3 rings (SSSR count). The summed E-state index contributed by atoms with van der Waals surface area (Å²) in [5, 5.41) is 3.57. The van der Waals surface area contributed by atoms with Crippen LogP contribution in [-0.4, -0.2) is 36.0 Å². The van der Waals surface area contributed by atoms with Gasteiger partial charge in [-0.1, -0.05) is 18.2 Å². The maximum atomic E-state index is 11.9. The molecule has 1 N–H and O–H groups in total. The van der Waals surface area contributed by atoms with E-state index in [-0.39, 0.29) is 5.91 Å². The first-order chi connectivity index (χ1) is 10.7. The number of aromatic nitrogens is 1. The third-order valence-electron chi connectivity index (χ3n) is 3.51. The minimum absolute atomic E-state index is 0.0598. The third-order valence-corrected chi connectivity index (χ3v) is 4.51. The van der Waals surface area contributed by atoms with Crippen molar-refractivity contribution in [2.24, 2.45) is 0 Å². The minimum Gasteiger partial charge on any atom is -0.493 e. The number of hydrogen-bond donors (Lipinski definition) is 1. The van der Waals surface area contributed by atoms with Gasteiger partial charge >= 0.3 is 0 Å². The summed E-state index contributed by atoms with van der Waals surface area (Å²) in [6.45, 7) is 2.30. The summed E-state index contributed by atoms with van der Waals surface area (Å²) in [5.41, 5.74) is 1.12. The van der Waals surface area contributed by atoms with Gasteiger partial charge in [0.2, 0.25) is 5.91 Å². The zero-order chi connectivity index (χ0) is 15.4. The van der Waals surface area contributed by atoms with Gasteiger partial charge in [-0.3, -0.25) is 4.79 Å². The molecular formula is C16H19N3O2S. The lowest BCUT2D eigenvalue weighted by atomic mass is 10.2. The zero-order valence-corrected chi connectivity index (χ0v) is 13.4. The molecule has 0 radical (unpaired) electrons. The van der Waals surface area contributed by atoms with Crippen molar-refractivity contribution in [1.82, 2.24) is 9.88 Å². The summed E-state index contributed by atoms with van der Waals surface area (Å²) in [6.07, 6.45) is 1.27. The number of carbonyl (C=O) groups is 1. The lowest BCUT2D eigenvalue weighted by Crippen LogP contribution is -2.25. The highest BCUT2D eigenvalue weighted by atomic mass is 32.1. The average Bonchev–Trinajstić information content (AvgIpc) is 2.89. The summed E-state index contributed by atoms with van der Waals surface area (Å²) in [6, 6.07) is 9.51. The number of carbonyl (C=O) groups excluding carboxylic acids is 1.